The number of benzene rings is 1. The Balaban J connectivity index is 2.00. The van der Waals surface area contributed by atoms with Gasteiger partial charge in [0, 0.05) is 5.56 Å². The van der Waals surface area contributed by atoms with E-state index < -0.39 is 0 Å². The molecule has 20 heavy (non-hydrogen) atoms. The number of fused-ring (bicyclic) bond motifs is 1. The van der Waals surface area contributed by atoms with Gasteiger partial charge in [-0.1, -0.05) is 28.1 Å². The molecule has 1 atom stereocenters. The van der Waals surface area contributed by atoms with Gasteiger partial charge in [0.05, 0.1) is 11.4 Å². The van der Waals surface area contributed by atoms with Crippen LogP contribution in [0.25, 0.3) is 0 Å². The van der Waals surface area contributed by atoms with Crippen molar-refractivity contribution in [2.24, 2.45) is 0 Å². The van der Waals surface area contributed by atoms with Gasteiger partial charge in [0.2, 0.25) is 0 Å². The third-order valence-electron chi connectivity index (χ3n) is 4.10. The minimum Gasteiger partial charge on any atom is -0.493 e. The van der Waals surface area contributed by atoms with Crippen LogP contribution in [0.1, 0.15) is 45.0 Å². The Hall–Kier alpha value is -1.22. The van der Waals surface area contributed by atoms with E-state index in [-0.39, 0.29) is 4.83 Å². The minimum atomic E-state index is 0.173. The van der Waals surface area contributed by atoms with Gasteiger partial charge >= 0.3 is 0 Å². The van der Waals surface area contributed by atoms with Gasteiger partial charge in [-0.2, -0.15) is 0 Å². The van der Waals surface area contributed by atoms with Gasteiger partial charge in [-0.05, 0) is 56.4 Å². The number of aryl methyl sites for hydroxylation is 3. The number of furan rings is 1. The summed E-state index contributed by atoms with van der Waals surface area (Å²) in [5, 5.41) is 0. The van der Waals surface area contributed by atoms with E-state index in [0.29, 0.717) is 0 Å². The van der Waals surface area contributed by atoms with E-state index in [1.807, 2.05) is 13.8 Å². The molecule has 0 bridgehead atoms. The second-order valence-corrected chi connectivity index (χ2v) is 6.35. The third-order valence-corrected chi connectivity index (χ3v) is 5.08. The van der Waals surface area contributed by atoms with E-state index in [4.69, 9.17) is 9.15 Å². The van der Waals surface area contributed by atoms with E-state index in [1.165, 1.54) is 22.3 Å². The van der Waals surface area contributed by atoms with Crippen LogP contribution in [0, 0.1) is 20.8 Å². The van der Waals surface area contributed by atoms with E-state index in [0.717, 1.165) is 36.7 Å². The molecule has 2 aromatic rings. The molecule has 3 rings (SSSR count). The molecule has 2 nitrogen and oxygen atoms in total. The molecule has 106 valence electrons. The summed E-state index contributed by atoms with van der Waals surface area (Å²) in [6.07, 6.45) is 2.21. The Labute approximate surface area is 128 Å². The van der Waals surface area contributed by atoms with Crippen molar-refractivity contribution < 1.29 is 9.15 Å². The molecule has 1 aromatic heterocycles. The van der Waals surface area contributed by atoms with Crippen molar-refractivity contribution in [3.05, 3.63) is 52.0 Å². The number of rotatable bonds is 2. The molecule has 0 spiro atoms. The molecule has 0 amide bonds. The van der Waals surface area contributed by atoms with Crippen molar-refractivity contribution >= 4 is 15.9 Å². The Morgan fingerprint density at radius 2 is 1.95 bits per heavy atom. The fraction of sp³-hybridized carbons (Fsp3) is 0.412. The second kappa shape index (κ2) is 5.28. The van der Waals surface area contributed by atoms with Crippen molar-refractivity contribution in [2.75, 3.05) is 6.61 Å². The summed E-state index contributed by atoms with van der Waals surface area (Å²) >= 11 is 3.84. The lowest BCUT2D eigenvalue weighted by Gasteiger charge is -2.19. The van der Waals surface area contributed by atoms with Crippen LogP contribution in [0.15, 0.2) is 22.6 Å². The SMILES string of the molecule is Cc1oc(C)c(C(Br)c2ccc3c(c2)CCCO3)c1C. The maximum Gasteiger partial charge on any atom is 0.122 e. The van der Waals surface area contributed by atoms with E-state index in [9.17, 15) is 0 Å². The number of halogens is 1. The molecule has 2 heterocycles. The Morgan fingerprint density at radius 1 is 1.15 bits per heavy atom. The van der Waals surface area contributed by atoms with E-state index in [1.54, 1.807) is 0 Å². The van der Waals surface area contributed by atoms with Crippen molar-refractivity contribution in [1.82, 2.24) is 0 Å². The van der Waals surface area contributed by atoms with Crippen molar-refractivity contribution in [1.29, 1.82) is 0 Å². The lowest BCUT2D eigenvalue weighted by Crippen LogP contribution is -2.09. The summed E-state index contributed by atoms with van der Waals surface area (Å²) in [7, 11) is 0. The lowest BCUT2D eigenvalue weighted by atomic mass is 9.97. The molecule has 1 aromatic carbocycles. The average molecular weight is 335 g/mol. The van der Waals surface area contributed by atoms with Gasteiger partial charge in [-0.3, -0.25) is 0 Å². The summed E-state index contributed by atoms with van der Waals surface area (Å²) in [5.74, 6) is 3.04. The fourth-order valence-corrected chi connectivity index (χ4v) is 3.84. The van der Waals surface area contributed by atoms with Gasteiger partial charge in [0.15, 0.2) is 0 Å². The van der Waals surface area contributed by atoms with Crippen LogP contribution >= 0.6 is 15.9 Å². The van der Waals surface area contributed by atoms with Crippen LogP contribution in [0.4, 0.5) is 0 Å². The second-order valence-electron chi connectivity index (χ2n) is 5.43. The molecule has 0 saturated heterocycles. The molecular formula is C17H19BrO2. The zero-order valence-corrected chi connectivity index (χ0v) is 13.7. The largest absolute Gasteiger partial charge is 0.493 e. The average Bonchev–Trinajstić information content (AvgIpc) is 2.71. The van der Waals surface area contributed by atoms with Crippen LogP contribution in [0.2, 0.25) is 0 Å². The first kappa shape index (κ1) is 13.7. The molecule has 0 saturated carbocycles. The van der Waals surface area contributed by atoms with E-state index in [2.05, 4.69) is 41.1 Å². The molecule has 0 aliphatic carbocycles. The molecule has 0 N–H and O–H groups in total. The smallest absolute Gasteiger partial charge is 0.122 e. The highest BCUT2D eigenvalue weighted by Gasteiger charge is 2.21. The van der Waals surface area contributed by atoms with Gasteiger partial charge in [0.25, 0.3) is 0 Å². The van der Waals surface area contributed by atoms with Gasteiger partial charge < -0.3 is 9.15 Å². The van der Waals surface area contributed by atoms with Gasteiger partial charge in [0.1, 0.15) is 17.3 Å². The van der Waals surface area contributed by atoms with Crippen LogP contribution < -0.4 is 4.74 Å². The van der Waals surface area contributed by atoms with Crippen molar-refractivity contribution in [3.63, 3.8) is 0 Å². The zero-order chi connectivity index (χ0) is 14.3. The normalized spacial score (nSPS) is 15.6. The predicted octanol–water partition coefficient (Wildman–Crippen LogP) is 5.01. The first-order valence-corrected chi connectivity index (χ1v) is 7.95. The topological polar surface area (TPSA) is 22.4 Å². The Morgan fingerprint density at radius 3 is 2.65 bits per heavy atom. The first-order chi connectivity index (χ1) is 9.58. The molecule has 0 fully saturated rings. The molecular weight excluding hydrogens is 316 g/mol. The molecule has 3 heteroatoms. The van der Waals surface area contributed by atoms with Crippen molar-refractivity contribution in [3.8, 4) is 5.75 Å². The number of hydrogen-bond acceptors (Lipinski definition) is 2. The predicted molar refractivity (Wildman–Crippen MR) is 83.9 cm³/mol. The fourth-order valence-electron chi connectivity index (χ4n) is 2.89. The maximum absolute atomic E-state index is 5.75. The van der Waals surface area contributed by atoms with E-state index >= 15 is 0 Å². The standard InChI is InChI=1S/C17H19BrO2/c1-10-11(2)20-12(3)16(10)17(18)14-6-7-15-13(9-14)5-4-8-19-15/h6-7,9,17H,4-5,8H2,1-3H3. The van der Waals surface area contributed by atoms with Crippen molar-refractivity contribution in [2.45, 2.75) is 38.4 Å². The quantitative estimate of drug-likeness (QED) is 0.720. The maximum atomic E-state index is 5.75. The highest BCUT2D eigenvalue weighted by Crippen LogP contribution is 2.39. The van der Waals surface area contributed by atoms with Gasteiger partial charge in [-0.25, -0.2) is 0 Å². The highest BCUT2D eigenvalue weighted by atomic mass is 79.9. The van der Waals surface area contributed by atoms with Gasteiger partial charge in [-0.15, -0.1) is 0 Å². The summed E-state index contributed by atoms with van der Waals surface area (Å²) in [4.78, 5) is 0.173. The third kappa shape index (κ3) is 2.28. The molecule has 0 radical (unpaired) electrons. The van der Waals surface area contributed by atoms with Crippen LogP contribution in [-0.2, 0) is 6.42 Å². The Bertz CT molecular complexity index is 643. The Kier molecular flexibility index (Phi) is 3.63. The number of ether oxygens (including phenoxy) is 1. The first-order valence-electron chi connectivity index (χ1n) is 7.04. The van der Waals surface area contributed by atoms with Crippen LogP contribution in [0.3, 0.4) is 0 Å². The molecule has 1 aliphatic heterocycles. The minimum absolute atomic E-state index is 0.173. The monoisotopic (exact) mass is 334 g/mol. The number of hydrogen-bond donors (Lipinski definition) is 0. The summed E-state index contributed by atoms with van der Waals surface area (Å²) in [5.41, 5.74) is 5.06. The number of alkyl halides is 1. The highest BCUT2D eigenvalue weighted by molar-refractivity contribution is 9.09. The zero-order valence-electron chi connectivity index (χ0n) is 12.1. The lowest BCUT2D eigenvalue weighted by molar-refractivity contribution is 0.288. The summed E-state index contributed by atoms with van der Waals surface area (Å²) < 4.78 is 11.4. The summed E-state index contributed by atoms with van der Waals surface area (Å²) in [6.45, 7) is 7.01. The summed E-state index contributed by atoms with van der Waals surface area (Å²) in [6, 6.07) is 6.50. The van der Waals surface area contributed by atoms with Crippen LogP contribution in [0.5, 0.6) is 5.75 Å². The molecule has 1 aliphatic rings. The molecule has 1 unspecified atom stereocenters. The van der Waals surface area contributed by atoms with Crippen LogP contribution in [-0.4, -0.2) is 6.61 Å².